The molecule has 0 saturated carbocycles. The summed E-state index contributed by atoms with van der Waals surface area (Å²) < 4.78 is 31.7. The second-order valence-corrected chi connectivity index (χ2v) is 6.52. The number of benzene rings is 1. The molecule has 19 heavy (non-hydrogen) atoms. The Morgan fingerprint density at radius 2 is 2.00 bits per heavy atom. The van der Waals surface area contributed by atoms with Crippen molar-refractivity contribution < 1.29 is 13.2 Å². The number of nitrogens with one attached hydrogen (secondary N) is 1. The quantitative estimate of drug-likeness (QED) is 0.747. The molecule has 1 N–H and O–H groups in total. The summed E-state index contributed by atoms with van der Waals surface area (Å²) in [5, 5.41) is 0.482. The first-order chi connectivity index (χ1) is 8.97. The maximum Gasteiger partial charge on any atom is 0.242 e. The molecule has 0 aliphatic rings. The highest BCUT2D eigenvalue weighted by Gasteiger charge is 2.17. The largest absolute Gasteiger partial charge is 0.381 e. The van der Waals surface area contributed by atoms with Crippen molar-refractivity contribution >= 4 is 33.2 Å². The molecule has 0 amide bonds. The maximum atomic E-state index is 12.0. The number of halogens is 2. The number of hydrogen-bond donors (Lipinski definition) is 1. The molecule has 0 bridgehead atoms. The van der Waals surface area contributed by atoms with Crippen molar-refractivity contribution in [1.82, 2.24) is 4.72 Å². The zero-order chi connectivity index (χ0) is 14.3. The molecule has 1 rings (SSSR count). The number of ether oxygens (including phenoxy) is 1. The van der Waals surface area contributed by atoms with E-state index in [1.54, 1.807) is 6.07 Å². The van der Waals surface area contributed by atoms with Crippen LogP contribution in [0.5, 0.6) is 0 Å². The van der Waals surface area contributed by atoms with E-state index < -0.39 is 10.0 Å². The Hall–Kier alpha value is -0.330. The first kappa shape index (κ1) is 16.7. The van der Waals surface area contributed by atoms with Gasteiger partial charge in [-0.15, -0.1) is 0 Å². The van der Waals surface area contributed by atoms with Crippen molar-refractivity contribution in [3.05, 3.63) is 28.2 Å². The normalized spacial score (nSPS) is 11.7. The van der Waals surface area contributed by atoms with Crippen molar-refractivity contribution in [2.45, 2.75) is 24.7 Å². The fourth-order valence-corrected chi connectivity index (χ4v) is 3.22. The van der Waals surface area contributed by atoms with E-state index in [1.165, 1.54) is 12.1 Å². The van der Waals surface area contributed by atoms with Crippen molar-refractivity contribution in [3.63, 3.8) is 0 Å². The van der Waals surface area contributed by atoms with Gasteiger partial charge in [-0.05, 0) is 31.0 Å². The average Bonchev–Trinajstić information content (AvgIpc) is 2.36. The maximum absolute atomic E-state index is 12.0. The van der Waals surface area contributed by atoms with E-state index in [1.807, 2.05) is 6.92 Å². The minimum Gasteiger partial charge on any atom is -0.381 e. The summed E-state index contributed by atoms with van der Waals surface area (Å²) in [4.78, 5) is -0.00357. The molecule has 0 heterocycles. The highest BCUT2D eigenvalue weighted by atomic mass is 35.5. The minimum absolute atomic E-state index is 0.00357. The monoisotopic (exact) mass is 325 g/mol. The van der Waals surface area contributed by atoms with Gasteiger partial charge >= 0.3 is 0 Å². The highest BCUT2D eigenvalue weighted by Crippen LogP contribution is 2.24. The average molecular weight is 326 g/mol. The standard InChI is InChI=1S/C12H17Cl2NO3S/c1-2-7-18-8-3-6-15-19(16,17)12-9-10(13)4-5-11(12)14/h4-5,9,15H,2-3,6-8H2,1H3. The van der Waals surface area contributed by atoms with E-state index in [-0.39, 0.29) is 9.92 Å². The zero-order valence-electron chi connectivity index (χ0n) is 10.7. The Morgan fingerprint density at radius 1 is 1.26 bits per heavy atom. The van der Waals surface area contributed by atoms with Gasteiger partial charge < -0.3 is 4.74 Å². The number of hydrogen-bond acceptors (Lipinski definition) is 3. The van der Waals surface area contributed by atoms with Crippen LogP contribution >= 0.6 is 23.2 Å². The lowest BCUT2D eigenvalue weighted by Crippen LogP contribution is -2.26. The van der Waals surface area contributed by atoms with Crippen molar-refractivity contribution in [3.8, 4) is 0 Å². The third-order valence-corrected chi connectivity index (χ3v) is 4.47. The molecule has 7 heteroatoms. The van der Waals surface area contributed by atoms with Crippen LogP contribution in [0.1, 0.15) is 19.8 Å². The van der Waals surface area contributed by atoms with Crippen molar-refractivity contribution in [2.24, 2.45) is 0 Å². The third kappa shape index (κ3) is 5.67. The van der Waals surface area contributed by atoms with Crippen LogP contribution < -0.4 is 4.72 Å². The second-order valence-electron chi connectivity index (χ2n) is 3.94. The first-order valence-corrected chi connectivity index (χ1v) is 8.23. The molecule has 0 fully saturated rings. The van der Waals surface area contributed by atoms with Gasteiger partial charge in [-0.1, -0.05) is 30.1 Å². The smallest absolute Gasteiger partial charge is 0.242 e. The lowest BCUT2D eigenvalue weighted by atomic mass is 10.4. The van der Waals surface area contributed by atoms with E-state index in [2.05, 4.69) is 4.72 Å². The topological polar surface area (TPSA) is 55.4 Å². The summed E-state index contributed by atoms with van der Waals surface area (Å²) in [7, 11) is -3.63. The van der Waals surface area contributed by atoms with Crippen LogP contribution in [-0.2, 0) is 14.8 Å². The highest BCUT2D eigenvalue weighted by molar-refractivity contribution is 7.89. The van der Waals surface area contributed by atoms with Crippen LogP contribution in [0, 0.1) is 0 Å². The molecule has 0 unspecified atom stereocenters. The summed E-state index contributed by atoms with van der Waals surface area (Å²) in [5.74, 6) is 0. The van der Waals surface area contributed by atoms with Gasteiger partial charge in [0.2, 0.25) is 10.0 Å². The van der Waals surface area contributed by atoms with E-state index in [9.17, 15) is 8.42 Å². The van der Waals surface area contributed by atoms with Gasteiger partial charge in [-0.2, -0.15) is 0 Å². The van der Waals surface area contributed by atoms with Gasteiger partial charge in [-0.3, -0.25) is 0 Å². The molecular weight excluding hydrogens is 309 g/mol. The molecule has 0 aliphatic carbocycles. The Balaban J connectivity index is 2.54. The van der Waals surface area contributed by atoms with Gasteiger partial charge in [-0.25, -0.2) is 13.1 Å². The van der Waals surface area contributed by atoms with Crippen LogP contribution in [0.4, 0.5) is 0 Å². The van der Waals surface area contributed by atoms with E-state index in [0.29, 0.717) is 31.2 Å². The molecule has 0 spiro atoms. The zero-order valence-corrected chi connectivity index (χ0v) is 13.0. The fraction of sp³-hybridized carbons (Fsp3) is 0.500. The molecule has 0 atom stereocenters. The summed E-state index contributed by atoms with van der Waals surface area (Å²) in [6.07, 6.45) is 1.56. The van der Waals surface area contributed by atoms with Crippen LogP contribution in [-0.4, -0.2) is 28.2 Å². The number of rotatable bonds is 8. The van der Waals surface area contributed by atoms with E-state index in [0.717, 1.165) is 6.42 Å². The van der Waals surface area contributed by atoms with Gasteiger partial charge in [0.15, 0.2) is 0 Å². The van der Waals surface area contributed by atoms with Gasteiger partial charge in [0.05, 0.1) is 5.02 Å². The molecule has 0 radical (unpaired) electrons. The predicted molar refractivity (Wildman–Crippen MR) is 77.4 cm³/mol. The first-order valence-electron chi connectivity index (χ1n) is 6.00. The molecule has 0 saturated heterocycles. The Labute approximate surface area is 124 Å². The Morgan fingerprint density at radius 3 is 2.68 bits per heavy atom. The second kappa shape index (κ2) is 8.07. The minimum atomic E-state index is -3.63. The molecule has 108 valence electrons. The van der Waals surface area contributed by atoms with Gasteiger partial charge in [0.1, 0.15) is 4.90 Å². The fourth-order valence-electron chi connectivity index (χ4n) is 1.39. The lowest BCUT2D eigenvalue weighted by molar-refractivity contribution is 0.133. The Kier molecular flexibility index (Phi) is 7.10. The third-order valence-electron chi connectivity index (χ3n) is 2.29. The van der Waals surface area contributed by atoms with Crippen LogP contribution in [0.25, 0.3) is 0 Å². The molecule has 1 aromatic carbocycles. The summed E-state index contributed by atoms with van der Waals surface area (Å²) in [6, 6.07) is 4.34. The van der Waals surface area contributed by atoms with E-state index in [4.69, 9.17) is 27.9 Å². The van der Waals surface area contributed by atoms with Gasteiger partial charge in [0, 0.05) is 24.8 Å². The van der Waals surface area contributed by atoms with Gasteiger partial charge in [0.25, 0.3) is 0 Å². The molecule has 0 aliphatic heterocycles. The predicted octanol–water partition coefficient (Wildman–Crippen LogP) is 3.09. The van der Waals surface area contributed by atoms with Crippen LogP contribution in [0.3, 0.4) is 0 Å². The van der Waals surface area contributed by atoms with Crippen molar-refractivity contribution in [1.29, 1.82) is 0 Å². The van der Waals surface area contributed by atoms with Crippen LogP contribution in [0.2, 0.25) is 10.0 Å². The summed E-state index contributed by atoms with van der Waals surface area (Å²) in [5.41, 5.74) is 0. The summed E-state index contributed by atoms with van der Waals surface area (Å²) in [6.45, 7) is 3.53. The number of sulfonamides is 1. The lowest BCUT2D eigenvalue weighted by Gasteiger charge is -2.08. The molecule has 0 aromatic heterocycles. The molecular formula is C12H17Cl2NO3S. The van der Waals surface area contributed by atoms with Crippen molar-refractivity contribution in [2.75, 3.05) is 19.8 Å². The van der Waals surface area contributed by atoms with Crippen LogP contribution in [0.15, 0.2) is 23.1 Å². The van der Waals surface area contributed by atoms with E-state index >= 15 is 0 Å². The Bertz CT molecular complexity index is 506. The SMILES string of the molecule is CCCOCCCNS(=O)(=O)c1cc(Cl)ccc1Cl. The molecule has 1 aromatic rings. The summed E-state index contributed by atoms with van der Waals surface area (Å²) >= 11 is 11.6. The molecule has 4 nitrogen and oxygen atoms in total.